The molecule has 108 valence electrons. The van der Waals surface area contributed by atoms with E-state index < -0.39 is 0 Å². The van der Waals surface area contributed by atoms with E-state index in [2.05, 4.69) is 41.0 Å². The Morgan fingerprint density at radius 3 is 2.26 bits per heavy atom. The van der Waals surface area contributed by atoms with Gasteiger partial charge in [-0.2, -0.15) is 9.97 Å². The molecule has 1 N–H and O–H groups in total. The number of nitrogens with zero attached hydrogens (tertiary/aromatic N) is 3. The lowest BCUT2D eigenvalue weighted by molar-refractivity contribution is 0.237. The lowest BCUT2D eigenvalue weighted by Crippen LogP contribution is -2.12. The Morgan fingerprint density at radius 2 is 1.68 bits per heavy atom. The number of anilines is 1. The summed E-state index contributed by atoms with van der Waals surface area (Å²) in [5.41, 5.74) is 0. The molecule has 0 aliphatic rings. The van der Waals surface area contributed by atoms with Crippen molar-refractivity contribution >= 4 is 5.95 Å². The second kappa shape index (κ2) is 8.50. The van der Waals surface area contributed by atoms with E-state index in [1.807, 2.05) is 6.92 Å². The third-order valence-electron chi connectivity index (χ3n) is 2.11. The molecule has 0 saturated heterocycles. The Labute approximate surface area is 115 Å². The van der Waals surface area contributed by atoms with Crippen LogP contribution in [-0.4, -0.2) is 34.7 Å². The van der Waals surface area contributed by atoms with E-state index in [1.54, 1.807) is 0 Å². The maximum atomic E-state index is 5.53. The molecule has 0 atom stereocenters. The molecule has 0 aromatic carbocycles. The number of hydrogen-bond acceptors (Lipinski definition) is 6. The Hall–Kier alpha value is -1.59. The van der Waals surface area contributed by atoms with Crippen LogP contribution in [0.2, 0.25) is 0 Å². The summed E-state index contributed by atoms with van der Waals surface area (Å²) in [4.78, 5) is 12.6. The Bertz CT molecular complexity index is 345. The smallest absolute Gasteiger partial charge is 0.324 e. The van der Waals surface area contributed by atoms with Gasteiger partial charge < -0.3 is 14.8 Å². The first-order valence-corrected chi connectivity index (χ1v) is 6.91. The predicted octanol–water partition coefficient (Wildman–Crippen LogP) is 2.52. The minimum atomic E-state index is 0.313. The van der Waals surface area contributed by atoms with Gasteiger partial charge >= 0.3 is 12.0 Å². The van der Waals surface area contributed by atoms with Crippen molar-refractivity contribution in [2.75, 3.05) is 25.1 Å². The number of aromatic nitrogens is 3. The van der Waals surface area contributed by atoms with Crippen LogP contribution >= 0.6 is 0 Å². The highest BCUT2D eigenvalue weighted by Gasteiger charge is 2.09. The summed E-state index contributed by atoms with van der Waals surface area (Å²) in [6, 6.07) is 0.627. The first-order chi connectivity index (χ1) is 9.15. The zero-order valence-corrected chi connectivity index (χ0v) is 12.3. The average molecular weight is 268 g/mol. The van der Waals surface area contributed by atoms with Crippen molar-refractivity contribution in [3.8, 4) is 12.0 Å². The van der Waals surface area contributed by atoms with Crippen LogP contribution in [0.15, 0.2) is 0 Å². The highest BCUT2D eigenvalue weighted by Crippen LogP contribution is 2.14. The van der Waals surface area contributed by atoms with E-state index in [4.69, 9.17) is 9.47 Å². The molecule has 1 aromatic rings. The van der Waals surface area contributed by atoms with Crippen LogP contribution in [0, 0.1) is 5.92 Å². The molecule has 1 rings (SSSR count). The highest BCUT2D eigenvalue weighted by atomic mass is 16.5. The van der Waals surface area contributed by atoms with Gasteiger partial charge in [0.05, 0.1) is 13.2 Å². The van der Waals surface area contributed by atoms with Gasteiger partial charge in [0, 0.05) is 6.54 Å². The molecule has 0 amide bonds. The molecule has 0 saturated carbocycles. The van der Waals surface area contributed by atoms with Crippen molar-refractivity contribution in [2.45, 2.75) is 40.5 Å². The van der Waals surface area contributed by atoms with Crippen LogP contribution in [0.25, 0.3) is 0 Å². The number of rotatable bonds is 9. The van der Waals surface area contributed by atoms with Crippen LogP contribution < -0.4 is 14.8 Å². The van der Waals surface area contributed by atoms with Gasteiger partial charge in [0.15, 0.2) is 0 Å². The van der Waals surface area contributed by atoms with Gasteiger partial charge in [-0.05, 0) is 18.8 Å². The molecule has 0 radical (unpaired) electrons. The minimum Gasteiger partial charge on any atom is -0.463 e. The maximum Gasteiger partial charge on any atom is 0.324 e. The first kappa shape index (κ1) is 15.5. The Balaban J connectivity index is 2.75. The number of ether oxygens (including phenoxy) is 2. The van der Waals surface area contributed by atoms with E-state index in [9.17, 15) is 0 Å². The third kappa shape index (κ3) is 6.22. The second-order valence-electron chi connectivity index (χ2n) is 4.70. The van der Waals surface area contributed by atoms with Crippen molar-refractivity contribution in [3.05, 3.63) is 0 Å². The van der Waals surface area contributed by atoms with E-state index in [1.165, 1.54) is 0 Å². The highest BCUT2D eigenvalue weighted by molar-refractivity contribution is 5.27. The lowest BCUT2D eigenvalue weighted by atomic mass is 10.2. The van der Waals surface area contributed by atoms with Crippen molar-refractivity contribution in [1.29, 1.82) is 0 Å². The van der Waals surface area contributed by atoms with Crippen molar-refractivity contribution in [3.63, 3.8) is 0 Å². The Morgan fingerprint density at radius 1 is 1.00 bits per heavy atom. The van der Waals surface area contributed by atoms with E-state index in [-0.39, 0.29) is 0 Å². The monoisotopic (exact) mass is 268 g/mol. The molecule has 0 aliphatic carbocycles. The van der Waals surface area contributed by atoms with Crippen LogP contribution in [-0.2, 0) is 0 Å². The van der Waals surface area contributed by atoms with Crippen molar-refractivity contribution in [1.82, 2.24) is 15.0 Å². The molecule has 0 aliphatic heterocycles. The van der Waals surface area contributed by atoms with Crippen molar-refractivity contribution in [2.24, 2.45) is 5.92 Å². The molecule has 6 nitrogen and oxygen atoms in total. The topological polar surface area (TPSA) is 69.2 Å². The zero-order valence-electron chi connectivity index (χ0n) is 12.3. The molecule has 0 bridgehead atoms. The molecule has 0 unspecified atom stereocenters. The molecule has 1 aromatic heterocycles. The summed E-state index contributed by atoms with van der Waals surface area (Å²) in [5.74, 6) is 0.922. The van der Waals surface area contributed by atoms with E-state index >= 15 is 0 Å². The van der Waals surface area contributed by atoms with Gasteiger partial charge in [-0.25, -0.2) is 0 Å². The van der Waals surface area contributed by atoms with Crippen LogP contribution in [0.3, 0.4) is 0 Å². The largest absolute Gasteiger partial charge is 0.463 e. The summed E-state index contributed by atoms with van der Waals surface area (Å²) in [6.07, 6.45) is 1.91. The van der Waals surface area contributed by atoms with Gasteiger partial charge in [0.25, 0.3) is 0 Å². The molecule has 0 fully saturated rings. The molecule has 6 heteroatoms. The van der Waals surface area contributed by atoms with Gasteiger partial charge in [0.2, 0.25) is 5.95 Å². The predicted molar refractivity (Wildman–Crippen MR) is 74.7 cm³/mol. The van der Waals surface area contributed by atoms with E-state index in [0.29, 0.717) is 37.1 Å². The zero-order chi connectivity index (χ0) is 14.1. The fourth-order valence-electron chi connectivity index (χ4n) is 1.22. The fraction of sp³-hybridized carbons (Fsp3) is 0.769. The first-order valence-electron chi connectivity index (χ1n) is 6.91. The van der Waals surface area contributed by atoms with Crippen molar-refractivity contribution < 1.29 is 9.47 Å². The SMILES string of the molecule is CCCNc1nc(OCCC)nc(OCC(C)C)n1. The second-order valence-corrected chi connectivity index (χ2v) is 4.70. The maximum absolute atomic E-state index is 5.53. The van der Waals surface area contributed by atoms with Gasteiger partial charge in [-0.3, -0.25) is 0 Å². The molecular formula is C13H24N4O2. The third-order valence-corrected chi connectivity index (χ3v) is 2.11. The normalized spacial score (nSPS) is 10.6. The average Bonchev–Trinajstić information content (AvgIpc) is 2.40. The quantitative estimate of drug-likeness (QED) is 0.742. The standard InChI is InChI=1S/C13H24N4O2/c1-5-7-14-11-15-12(18-8-6-2)17-13(16-11)19-9-10(3)4/h10H,5-9H2,1-4H3,(H,14,15,16,17). The fourth-order valence-corrected chi connectivity index (χ4v) is 1.22. The lowest BCUT2D eigenvalue weighted by Gasteiger charge is -2.10. The number of nitrogens with one attached hydrogen (secondary N) is 1. The summed E-state index contributed by atoms with van der Waals surface area (Å²) in [7, 11) is 0. The summed E-state index contributed by atoms with van der Waals surface area (Å²) >= 11 is 0. The molecular weight excluding hydrogens is 244 g/mol. The Kier molecular flexibility index (Phi) is 6.92. The van der Waals surface area contributed by atoms with Gasteiger partial charge in [-0.1, -0.05) is 27.7 Å². The van der Waals surface area contributed by atoms with Crippen LogP contribution in [0.1, 0.15) is 40.5 Å². The molecule has 19 heavy (non-hydrogen) atoms. The molecule has 0 spiro atoms. The van der Waals surface area contributed by atoms with Gasteiger partial charge in [0.1, 0.15) is 0 Å². The number of hydrogen-bond donors (Lipinski definition) is 1. The summed E-state index contributed by atoms with van der Waals surface area (Å²) in [5, 5.41) is 3.12. The van der Waals surface area contributed by atoms with E-state index in [0.717, 1.165) is 19.4 Å². The minimum absolute atomic E-state index is 0.313. The summed E-state index contributed by atoms with van der Waals surface area (Å²) < 4.78 is 11.0. The summed E-state index contributed by atoms with van der Waals surface area (Å²) in [6.45, 7) is 10.2. The van der Waals surface area contributed by atoms with Crippen LogP contribution in [0.4, 0.5) is 5.95 Å². The van der Waals surface area contributed by atoms with Crippen LogP contribution in [0.5, 0.6) is 12.0 Å². The molecule has 1 heterocycles. The van der Waals surface area contributed by atoms with Gasteiger partial charge in [-0.15, -0.1) is 4.98 Å².